The number of carbonyl (C=O) groups is 2. The van der Waals surface area contributed by atoms with Crippen LogP contribution in [-0.2, 0) is 4.79 Å². The van der Waals surface area contributed by atoms with Crippen LogP contribution in [-0.4, -0.2) is 17.1 Å². The van der Waals surface area contributed by atoms with E-state index in [1.54, 1.807) is 12.1 Å². The highest BCUT2D eigenvalue weighted by Crippen LogP contribution is 2.29. The number of rotatable bonds is 7. The Hall–Kier alpha value is -2.99. The largest absolute Gasteiger partial charge is 0.459 e. The van der Waals surface area contributed by atoms with Gasteiger partial charge < -0.3 is 15.1 Å². The van der Waals surface area contributed by atoms with Gasteiger partial charge in [-0.25, -0.2) is 0 Å². The number of hydrogen-bond acceptors (Lipinski definition) is 4. The molecule has 0 spiro atoms. The third kappa shape index (κ3) is 5.29. The molecule has 5 nitrogen and oxygen atoms in total. The molecule has 1 unspecified atom stereocenters. The maximum atomic E-state index is 12.8. The maximum absolute atomic E-state index is 12.8. The number of thioether (sulfide) groups is 1. The molecule has 1 aromatic heterocycles. The van der Waals surface area contributed by atoms with E-state index in [2.05, 4.69) is 10.6 Å². The van der Waals surface area contributed by atoms with Gasteiger partial charge >= 0.3 is 0 Å². The number of aryl methyl sites for hydroxylation is 1. The van der Waals surface area contributed by atoms with Gasteiger partial charge in [-0.1, -0.05) is 25.1 Å². The van der Waals surface area contributed by atoms with Crippen LogP contribution < -0.4 is 10.6 Å². The Morgan fingerprint density at radius 3 is 2.55 bits per heavy atom. The molecule has 6 heteroatoms. The number of benzene rings is 2. The quantitative estimate of drug-likeness (QED) is 0.495. The maximum Gasteiger partial charge on any atom is 0.291 e. The molecule has 0 aliphatic heterocycles. The van der Waals surface area contributed by atoms with Crippen molar-refractivity contribution in [1.29, 1.82) is 0 Å². The summed E-state index contributed by atoms with van der Waals surface area (Å²) in [6.07, 6.45) is 2.14. The molecule has 0 saturated heterocycles. The Balaban J connectivity index is 1.68. The molecule has 3 rings (SSSR count). The van der Waals surface area contributed by atoms with Crippen molar-refractivity contribution in [2.24, 2.45) is 0 Å². The van der Waals surface area contributed by atoms with Crippen molar-refractivity contribution >= 4 is 35.0 Å². The van der Waals surface area contributed by atoms with Gasteiger partial charge in [0.2, 0.25) is 5.91 Å². The minimum Gasteiger partial charge on any atom is -0.459 e. The van der Waals surface area contributed by atoms with Gasteiger partial charge in [0.1, 0.15) is 0 Å². The zero-order valence-electron chi connectivity index (χ0n) is 16.7. The van der Waals surface area contributed by atoms with E-state index in [0.717, 1.165) is 21.7 Å². The summed E-state index contributed by atoms with van der Waals surface area (Å²) in [5, 5.41) is 5.61. The van der Waals surface area contributed by atoms with E-state index in [9.17, 15) is 9.59 Å². The van der Waals surface area contributed by atoms with Gasteiger partial charge in [0.25, 0.3) is 5.91 Å². The standard InChI is InChI=1S/C23H24N2O3S/c1-4-21(23(27)25-19-11-5-8-15(2)16(19)3)29-18-10-6-9-17(14-18)24-22(26)20-12-7-13-28-20/h5-14,21H,4H2,1-3H3,(H,24,26)(H,25,27). The molecule has 1 heterocycles. The fourth-order valence-corrected chi connectivity index (χ4v) is 3.85. The molecule has 0 aliphatic rings. The number of anilines is 2. The van der Waals surface area contributed by atoms with Crippen molar-refractivity contribution in [3.63, 3.8) is 0 Å². The smallest absolute Gasteiger partial charge is 0.291 e. The average molecular weight is 409 g/mol. The van der Waals surface area contributed by atoms with E-state index in [4.69, 9.17) is 4.42 Å². The number of furan rings is 1. The van der Waals surface area contributed by atoms with Gasteiger partial charge in [-0.05, 0) is 67.8 Å². The summed E-state index contributed by atoms with van der Waals surface area (Å²) >= 11 is 1.48. The SMILES string of the molecule is CCC(Sc1cccc(NC(=O)c2ccco2)c1)C(=O)Nc1cccc(C)c1C. The summed E-state index contributed by atoms with van der Waals surface area (Å²) in [6.45, 7) is 6.02. The van der Waals surface area contributed by atoms with Crippen LogP contribution in [0.5, 0.6) is 0 Å². The first-order valence-electron chi connectivity index (χ1n) is 9.46. The lowest BCUT2D eigenvalue weighted by Gasteiger charge is -2.17. The highest BCUT2D eigenvalue weighted by molar-refractivity contribution is 8.00. The van der Waals surface area contributed by atoms with Crippen LogP contribution in [0.25, 0.3) is 0 Å². The van der Waals surface area contributed by atoms with E-state index >= 15 is 0 Å². The van der Waals surface area contributed by atoms with E-state index in [0.29, 0.717) is 12.1 Å². The van der Waals surface area contributed by atoms with Crippen molar-refractivity contribution < 1.29 is 14.0 Å². The van der Waals surface area contributed by atoms with Gasteiger partial charge in [0, 0.05) is 16.3 Å². The van der Waals surface area contributed by atoms with Crippen LogP contribution in [0, 0.1) is 13.8 Å². The van der Waals surface area contributed by atoms with E-state index in [-0.39, 0.29) is 22.8 Å². The molecule has 2 amide bonds. The monoisotopic (exact) mass is 408 g/mol. The number of nitrogens with one attached hydrogen (secondary N) is 2. The molecular formula is C23H24N2O3S. The zero-order chi connectivity index (χ0) is 20.8. The molecule has 0 aliphatic carbocycles. The zero-order valence-corrected chi connectivity index (χ0v) is 17.5. The molecule has 150 valence electrons. The fourth-order valence-electron chi connectivity index (χ4n) is 2.83. The normalized spacial score (nSPS) is 11.7. The fraction of sp³-hybridized carbons (Fsp3) is 0.217. The molecule has 0 saturated carbocycles. The van der Waals surface area contributed by atoms with Crippen molar-refractivity contribution in [3.8, 4) is 0 Å². The predicted molar refractivity (Wildman–Crippen MR) is 118 cm³/mol. The van der Waals surface area contributed by atoms with Crippen LogP contribution >= 0.6 is 11.8 Å². The number of amides is 2. The van der Waals surface area contributed by atoms with Crippen molar-refractivity contribution in [1.82, 2.24) is 0 Å². The molecule has 1 atom stereocenters. The summed E-state index contributed by atoms with van der Waals surface area (Å²) in [7, 11) is 0. The number of hydrogen-bond donors (Lipinski definition) is 2. The molecule has 2 aromatic carbocycles. The lowest BCUT2D eigenvalue weighted by atomic mass is 10.1. The van der Waals surface area contributed by atoms with Crippen LogP contribution in [0.2, 0.25) is 0 Å². The molecule has 0 bridgehead atoms. The second-order valence-corrected chi connectivity index (χ2v) is 7.99. The number of carbonyl (C=O) groups excluding carboxylic acids is 2. The third-order valence-electron chi connectivity index (χ3n) is 4.64. The molecule has 0 radical (unpaired) electrons. The second-order valence-electron chi connectivity index (χ2n) is 6.71. The van der Waals surface area contributed by atoms with E-state index in [1.165, 1.54) is 18.0 Å². The third-order valence-corrected chi connectivity index (χ3v) is 6.00. The molecule has 0 fully saturated rings. The van der Waals surface area contributed by atoms with Gasteiger partial charge in [-0.3, -0.25) is 9.59 Å². The summed E-state index contributed by atoms with van der Waals surface area (Å²) in [4.78, 5) is 25.9. The minimum atomic E-state index is -0.308. The van der Waals surface area contributed by atoms with Gasteiger partial charge in [-0.2, -0.15) is 0 Å². The predicted octanol–water partition coefficient (Wildman–Crippen LogP) is 5.66. The highest BCUT2D eigenvalue weighted by Gasteiger charge is 2.19. The Kier molecular flexibility index (Phi) is 6.77. The Morgan fingerprint density at radius 2 is 1.83 bits per heavy atom. The van der Waals surface area contributed by atoms with Crippen molar-refractivity contribution in [2.75, 3.05) is 10.6 Å². The second kappa shape index (κ2) is 9.47. The Labute approximate surface area is 174 Å². The van der Waals surface area contributed by atoms with Crippen molar-refractivity contribution in [2.45, 2.75) is 37.3 Å². The minimum absolute atomic E-state index is 0.0313. The lowest BCUT2D eigenvalue weighted by molar-refractivity contribution is -0.115. The average Bonchev–Trinajstić information content (AvgIpc) is 3.25. The topological polar surface area (TPSA) is 71.3 Å². The molecule has 3 aromatic rings. The van der Waals surface area contributed by atoms with Gasteiger partial charge in [-0.15, -0.1) is 11.8 Å². The summed E-state index contributed by atoms with van der Waals surface area (Å²) in [6, 6.07) is 16.6. The molecule has 2 N–H and O–H groups in total. The van der Waals surface area contributed by atoms with Crippen LogP contribution in [0.4, 0.5) is 11.4 Å². The first kappa shape index (κ1) is 20.7. The first-order valence-corrected chi connectivity index (χ1v) is 10.3. The lowest BCUT2D eigenvalue weighted by Crippen LogP contribution is -2.25. The van der Waals surface area contributed by atoms with Crippen LogP contribution in [0.3, 0.4) is 0 Å². The van der Waals surface area contributed by atoms with Gasteiger partial charge in [0.15, 0.2) is 5.76 Å². The van der Waals surface area contributed by atoms with Crippen LogP contribution in [0.1, 0.15) is 35.0 Å². The van der Waals surface area contributed by atoms with E-state index in [1.807, 2.05) is 63.2 Å². The first-order chi connectivity index (χ1) is 14.0. The molecular weight excluding hydrogens is 384 g/mol. The molecule has 29 heavy (non-hydrogen) atoms. The Bertz CT molecular complexity index is 999. The summed E-state index contributed by atoms with van der Waals surface area (Å²) < 4.78 is 5.12. The summed E-state index contributed by atoms with van der Waals surface area (Å²) in [5.74, 6) is -0.0875. The van der Waals surface area contributed by atoms with Crippen LogP contribution in [0.15, 0.2) is 70.2 Å². The highest BCUT2D eigenvalue weighted by atomic mass is 32.2. The Morgan fingerprint density at radius 1 is 1.03 bits per heavy atom. The van der Waals surface area contributed by atoms with Crippen molar-refractivity contribution in [3.05, 3.63) is 77.7 Å². The van der Waals surface area contributed by atoms with Gasteiger partial charge in [0.05, 0.1) is 11.5 Å². The summed E-state index contributed by atoms with van der Waals surface area (Å²) in [5.41, 5.74) is 3.71. The van der Waals surface area contributed by atoms with E-state index < -0.39 is 0 Å².